The van der Waals surface area contributed by atoms with Crippen molar-refractivity contribution in [2.45, 2.75) is 32.1 Å². The third-order valence-corrected chi connectivity index (χ3v) is 7.08. The highest BCUT2D eigenvalue weighted by Gasteiger charge is 2.37. The van der Waals surface area contributed by atoms with Crippen molar-refractivity contribution >= 4 is 33.6 Å². The van der Waals surface area contributed by atoms with E-state index in [9.17, 15) is 23.2 Å². The second-order valence-corrected chi connectivity index (χ2v) is 10.4. The third kappa shape index (κ3) is 6.91. The van der Waals surface area contributed by atoms with Crippen LogP contribution in [0.1, 0.15) is 37.7 Å². The van der Waals surface area contributed by atoms with Gasteiger partial charge in [-0.2, -0.15) is 4.41 Å². The minimum absolute atomic E-state index is 0.205. The molecule has 0 radical (unpaired) electrons. The molecule has 2 atom stereocenters. The molecule has 182 valence electrons. The Hall–Kier alpha value is -3.17. The predicted octanol–water partition coefficient (Wildman–Crippen LogP) is 3.52. The molecule has 0 unspecified atom stereocenters. The number of carbonyl (C=O) groups is 2. The van der Waals surface area contributed by atoms with E-state index in [2.05, 4.69) is 5.43 Å². The molecule has 34 heavy (non-hydrogen) atoms. The number of nitrogens with zero attached hydrogens (tertiary/aromatic N) is 1. The Morgan fingerprint density at radius 3 is 2.18 bits per heavy atom. The van der Waals surface area contributed by atoms with Crippen LogP contribution in [0.25, 0.3) is 6.08 Å². The van der Waals surface area contributed by atoms with Crippen LogP contribution in [-0.4, -0.2) is 31.7 Å². The van der Waals surface area contributed by atoms with E-state index in [1.165, 1.54) is 0 Å². The summed E-state index contributed by atoms with van der Waals surface area (Å²) in [5.41, 5.74) is 5.43. The Balaban J connectivity index is 1.86. The van der Waals surface area contributed by atoms with E-state index in [0.717, 1.165) is 35.5 Å². The fraction of sp³-hybridized carbons (Fsp3) is 0.360. The first-order chi connectivity index (χ1) is 16.3. The molecule has 1 aliphatic rings. The van der Waals surface area contributed by atoms with Gasteiger partial charge < -0.3 is 0 Å². The lowest BCUT2D eigenvalue weighted by molar-refractivity contribution is -0.141. The maximum atomic E-state index is 13.4. The van der Waals surface area contributed by atoms with E-state index in [4.69, 9.17) is 0 Å². The van der Waals surface area contributed by atoms with Crippen molar-refractivity contribution in [2.24, 2.45) is 17.8 Å². The van der Waals surface area contributed by atoms with Gasteiger partial charge in [-0.05, 0) is 36.5 Å². The van der Waals surface area contributed by atoms with Crippen LogP contribution in [0.2, 0.25) is 0 Å². The molecule has 2 aromatic carbocycles. The number of nitrogens with one attached hydrogen (secondary N) is 2. The maximum Gasteiger partial charge on any atom is 0.249 e. The van der Waals surface area contributed by atoms with Gasteiger partial charge in [-0.1, -0.05) is 79.9 Å². The van der Waals surface area contributed by atoms with Crippen molar-refractivity contribution in [3.8, 4) is 0 Å². The quantitative estimate of drug-likeness (QED) is 0.333. The number of hydrogen-bond acceptors (Lipinski definition) is 5. The van der Waals surface area contributed by atoms with E-state index in [1.807, 2.05) is 36.4 Å². The summed E-state index contributed by atoms with van der Waals surface area (Å²) < 4.78 is 25.7. The van der Waals surface area contributed by atoms with Crippen LogP contribution in [0.3, 0.4) is 0 Å². The van der Waals surface area contributed by atoms with E-state index in [-0.39, 0.29) is 18.0 Å². The average Bonchev–Trinajstić information content (AvgIpc) is 2.80. The van der Waals surface area contributed by atoms with Crippen LogP contribution in [0, 0.1) is 17.8 Å². The third-order valence-electron chi connectivity index (χ3n) is 6.12. The van der Waals surface area contributed by atoms with E-state index < -0.39 is 33.7 Å². The molecule has 0 saturated heterocycles. The summed E-state index contributed by atoms with van der Waals surface area (Å²) in [5.74, 6) is -2.69. The van der Waals surface area contributed by atoms with E-state index >= 15 is 0 Å². The number of hydrazine groups is 1. The molecule has 0 bridgehead atoms. The Kier molecular flexibility index (Phi) is 8.84. The van der Waals surface area contributed by atoms with Crippen molar-refractivity contribution in [1.82, 2.24) is 10.9 Å². The first-order valence-electron chi connectivity index (χ1n) is 11.3. The van der Waals surface area contributed by atoms with Crippen LogP contribution < -0.4 is 15.3 Å². The van der Waals surface area contributed by atoms with Crippen LogP contribution in [0.5, 0.6) is 0 Å². The molecule has 8 nitrogen and oxygen atoms in total. The van der Waals surface area contributed by atoms with Gasteiger partial charge in [0, 0.05) is 0 Å². The summed E-state index contributed by atoms with van der Waals surface area (Å²) in [4.78, 5) is 26.1. The number of carbonyl (C=O) groups excluding carboxylic acids is 2. The van der Waals surface area contributed by atoms with Crippen molar-refractivity contribution in [2.75, 3.05) is 10.7 Å². The summed E-state index contributed by atoms with van der Waals surface area (Å²) in [5, 5.41) is 9.39. The molecule has 9 heteroatoms. The minimum atomic E-state index is -3.83. The normalized spacial score (nSPS) is 15.8. The Morgan fingerprint density at radius 1 is 1.03 bits per heavy atom. The highest BCUT2D eigenvalue weighted by atomic mass is 32.2. The zero-order valence-electron chi connectivity index (χ0n) is 19.1. The molecule has 1 saturated carbocycles. The van der Waals surface area contributed by atoms with Gasteiger partial charge in [0.25, 0.3) is 0 Å². The molecule has 0 heterocycles. The fourth-order valence-corrected chi connectivity index (χ4v) is 4.84. The standard InChI is InChI=1S/C25H31N3O5S/c1-34(32,33)28(21-15-6-3-7-16-21)26-24(29)23(18-20-13-8-14-20)22(25(30)27-31)17-9-12-19-10-4-2-5-11-19/h2-7,9-12,15-16,20,22-23,31H,8,13-14,17-18H2,1H3,(H,26,29)(H,27,30)/t22-,23-/m0/s1. The summed E-state index contributed by atoms with van der Waals surface area (Å²) in [6.07, 6.45) is 8.23. The second kappa shape index (κ2) is 11.8. The molecule has 3 N–H and O–H groups in total. The lowest BCUT2D eigenvalue weighted by Crippen LogP contribution is -2.51. The molecule has 2 amide bonds. The maximum absolute atomic E-state index is 13.4. The molecular formula is C25H31N3O5S. The lowest BCUT2D eigenvalue weighted by atomic mass is 9.74. The zero-order valence-corrected chi connectivity index (χ0v) is 19.9. The predicted molar refractivity (Wildman–Crippen MR) is 131 cm³/mol. The molecule has 3 rings (SSSR count). The zero-order chi connectivity index (χ0) is 24.6. The summed E-state index contributed by atoms with van der Waals surface area (Å²) in [7, 11) is -3.83. The molecule has 0 aliphatic heterocycles. The van der Waals surface area contributed by atoms with E-state index in [0.29, 0.717) is 6.42 Å². The number of hydroxylamine groups is 1. The van der Waals surface area contributed by atoms with Gasteiger partial charge in [-0.15, -0.1) is 0 Å². The Labute approximate surface area is 200 Å². The number of rotatable bonds is 11. The van der Waals surface area contributed by atoms with Crippen molar-refractivity contribution in [3.63, 3.8) is 0 Å². The van der Waals surface area contributed by atoms with Gasteiger partial charge in [0.05, 0.1) is 23.8 Å². The first-order valence-corrected chi connectivity index (χ1v) is 13.2. The topological polar surface area (TPSA) is 116 Å². The van der Waals surface area contributed by atoms with Gasteiger partial charge in [0.2, 0.25) is 21.8 Å². The molecule has 0 aromatic heterocycles. The SMILES string of the molecule is CS(=O)(=O)N(NC(=O)[C@@H](CC1CCC1)[C@H](CC=Cc1ccccc1)C(=O)NO)c1ccccc1. The number of hydrogen-bond donors (Lipinski definition) is 3. The Bertz CT molecular complexity index is 1090. The molecule has 0 spiro atoms. The van der Waals surface area contributed by atoms with Crippen LogP contribution in [0.4, 0.5) is 5.69 Å². The van der Waals surface area contributed by atoms with Crippen molar-refractivity contribution in [1.29, 1.82) is 0 Å². The van der Waals surface area contributed by atoms with Gasteiger partial charge >= 0.3 is 0 Å². The average molecular weight is 486 g/mol. The highest BCUT2D eigenvalue weighted by molar-refractivity contribution is 7.92. The lowest BCUT2D eigenvalue weighted by Gasteiger charge is -2.33. The van der Waals surface area contributed by atoms with Crippen LogP contribution >= 0.6 is 0 Å². The number of anilines is 1. The van der Waals surface area contributed by atoms with E-state index in [1.54, 1.807) is 41.9 Å². The fourth-order valence-electron chi connectivity index (χ4n) is 4.08. The molecule has 1 aliphatic carbocycles. The Morgan fingerprint density at radius 2 is 1.65 bits per heavy atom. The summed E-state index contributed by atoms with van der Waals surface area (Å²) in [6, 6.07) is 17.8. The van der Waals surface area contributed by atoms with Crippen LogP contribution in [0.15, 0.2) is 66.7 Å². The largest absolute Gasteiger partial charge is 0.289 e. The monoisotopic (exact) mass is 485 g/mol. The van der Waals surface area contributed by atoms with Gasteiger partial charge in [-0.3, -0.25) is 20.2 Å². The van der Waals surface area contributed by atoms with Crippen molar-refractivity contribution in [3.05, 3.63) is 72.3 Å². The molecule has 2 aromatic rings. The minimum Gasteiger partial charge on any atom is -0.289 e. The summed E-state index contributed by atoms with van der Waals surface area (Å²) >= 11 is 0. The summed E-state index contributed by atoms with van der Waals surface area (Å²) in [6.45, 7) is 0. The van der Waals surface area contributed by atoms with Gasteiger partial charge in [0.1, 0.15) is 0 Å². The number of sulfonamides is 1. The number of amides is 2. The number of benzene rings is 2. The second-order valence-electron chi connectivity index (χ2n) is 8.61. The van der Waals surface area contributed by atoms with Crippen LogP contribution in [-0.2, 0) is 19.6 Å². The highest BCUT2D eigenvalue weighted by Crippen LogP contribution is 2.36. The smallest absolute Gasteiger partial charge is 0.249 e. The van der Waals surface area contributed by atoms with Gasteiger partial charge in [0.15, 0.2) is 0 Å². The molecular weight excluding hydrogens is 454 g/mol. The first kappa shape index (κ1) is 25.5. The molecule has 1 fully saturated rings. The number of allylic oxidation sites excluding steroid dienone is 1. The van der Waals surface area contributed by atoms with Crippen molar-refractivity contribution < 1.29 is 23.2 Å². The van der Waals surface area contributed by atoms with Gasteiger partial charge in [-0.25, -0.2) is 13.9 Å². The number of para-hydroxylation sites is 1.